The lowest BCUT2D eigenvalue weighted by Crippen LogP contribution is -2.52. The van der Waals surface area contributed by atoms with Gasteiger partial charge in [-0.25, -0.2) is 9.59 Å². The van der Waals surface area contributed by atoms with E-state index in [9.17, 15) is 14.4 Å². The molecule has 21 heavy (non-hydrogen) atoms. The van der Waals surface area contributed by atoms with Crippen LogP contribution in [0, 0.1) is 0 Å². The van der Waals surface area contributed by atoms with E-state index in [4.69, 9.17) is 10.8 Å². The molecule has 1 fully saturated rings. The number of carboxylic acid groups (broad SMARTS) is 1. The van der Waals surface area contributed by atoms with E-state index in [1.807, 2.05) is 7.05 Å². The van der Waals surface area contributed by atoms with Crippen molar-refractivity contribution in [3.05, 3.63) is 0 Å². The summed E-state index contributed by atoms with van der Waals surface area (Å²) in [6, 6.07) is -1.42. The van der Waals surface area contributed by atoms with E-state index in [0.29, 0.717) is 0 Å². The normalized spacial score (nSPS) is 18.0. The molecule has 1 atom stereocenters. The molecule has 1 aliphatic heterocycles. The molecule has 0 aromatic carbocycles. The van der Waals surface area contributed by atoms with Gasteiger partial charge < -0.3 is 26.0 Å². The van der Waals surface area contributed by atoms with Gasteiger partial charge in [-0.3, -0.25) is 4.79 Å². The smallest absolute Gasteiger partial charge is 0.326 e. The maximum Gasteiger partial charge on any atom is 0.326 e. The molecule has 3 amide bonds. The zero-order valence-corrected chi connectivity index (χ0v) is 12.5. The number of piperidine rings is 1. The van der Waals surface area contributed by atoms with Crippen molar-refractivity contribution in [2.45, 2.75) is 37.8 Å². The van der Waals surface area contributed by atoms with E-state index in [1.165, 1.54) is 0 Å². The Kier molecular flexibility index (Phi) is 6.41. The number of nitrogens with one attached hydrogen (secondary N) is 1. The number of urea groups is 1. The van der Waals surface area contributed by atoms with Crippen LogP contribution in [0.5, 0.6) is 0 Å². The number of hydrogen-bond acceptors (Lipinski definition) is 4. The van der Waals surface area contributed by atoms with Gasteiger partial charge in [0.1, 0.15) is 6.04 Å². The summed E-state index contributed by atoms with van der Waals surface area (Å²) in [7, 11) is 3.69. The first-order valence-corrected chi connectivity index (χ1v) is 7.04. The molecule has 4 N–H and O–H groups in total. The summed E-state index contributed by atoms with van der Waals surface area (Å²) >= 11 is 0. The number of carbonyl (C=O) groups excluding carboxylic acids is 2. The Morgan fingerprint density at radius 3 is 2.43 bits per heavy atom. The van der Waals surface area contributed by atoms with Gasteiger partial charge in [0, 0.05) is 19.5 Å². The van der Waals surface area contributed by atoms with Gasteiger partial charge in [-0.2, -0.15) is 0 Å². The molecule has 8 nitrogen and oxygen atoms in total. The maximum atomic E-state index is 12.1. The zero-order chi connectivity index (χ0) is 16.0. The van der Waals surface area contributed by atoms with Crippen LogP contribution in [0.15, 0.2) is 0 Å². The lowest BCUT2D eigenvalue weighted by atomic mass is 10.0. The summed E-state index contributed by atoms with van der Waals surface area (Å²) in [5.74, 6) is -1.75. The number of carboxylic acids is 1. The van der Waals surface area contributed by atoms with Crippen LogP contribution in [-0.2, 0) is 9.59 Å². The quantitative estimate of drug-likeness (QED) is 0.608. The molecule has 0 radical (unpaired) electrons. The van der Waals surface area contributed by atoms with Crippen LogP contribution in [0.3, 0.4) is 0 Å². The van der Waals surface area contributed by atoms with E-state index in [1.54, 1.807) is 11.9 Å². The summed E-state index contributed by atoms with van der Waals surface area (Å²) < 4.78 is 0. The topological polar surface area (TPSA) is 116 Å². The third-order valence-corrected chi connectivity index (χ3v) is 3.83. The minimum Gasteiger partial charge on any atom is -0.480 e. The Morgan fingerprint density at radius 2 is 1.95 bits per heavy atom. The van der Waals surface area contributed by atoms with Crippen molar-refractivity contribution in [3.63, 3.8) is 0 Å². The molecule has 1 heterocycles. The predicted molar refractivity (Wildman–Crippen MR) is 76.7 cm³/mol. The number of aliphatic carboxylic acids is 1. The van der Waals surface area contributed by atoms with E-state index < -0.39 is 23.9 Å². The first-order valence-electron chi connectivity index (χ1n) is 7.04. The third-order valence-electron chi connectivity index (χ3n) is 3.83. The highest BCUT2D eigenvalue weighted by Gasteiger charge is 2.27. The maximum absolute atomic E-state index is 12.1. The zero-order valence-electron chi connectivity index (χ0n) is 12.5. The minimum absolute atomic E-state index is 0.00233. The van der Waals surface area contributed by atoms with Gasteiger partial charge in [0.25, 0.3) is 0 Å². The van der Waals surface area contributed by atoms with Crippen LogP contribution in [0.25, 0.3) is 0 Å². The van der Waals surface area contributed by atoms with Crippen LogP contribution < -0.4 is 11.1 Å². The summed E-state index contributed by atoms with van der Waals surface area (Å²) in [5.41, 5.74) is 5.00. The predicted octanol–water partition coefficient (Wildman–Crippen LogP) is -0.559. The lowest BCUT2D eigenvalue weighted by molar-refractivity contribution is -0.139. The molecular formula is C13H24N4O4. The fraction of sp³-hybridized carbons (Fsp3) is 0.769. The summed E-state index contributed by atoms with van der Waals surface area (Å²) in [6.45, 7) is 1.82. The Labute approximate surface area is 124 Å². The highest BCUT2D eigenvalue weighted by molar-refractivity contribution is 5.83. The molecule has 1 rings (SSSR count). The van der Waals surface area contributed by atoms with Gasteiger partial charge in [-0.15, -0.1) is 0 Å². The van der Waals surface area contributed by atoms with Crippen LogP contribution in [-0.4, -0.2) is 72.1 Å². The summed E-state index contributed by atoms with van der Waals surface area (Å²) in [4.78, 5) is 37.7. The molecule has 0 spiro atoms. The van der Waals surface area contributed by atoms with Crippen molar-refractivity contribution in [3.8, 4) is 0 Å². The third kappa shape index (κ3) is 5.58. The number of nitrogens with two attached hydrogens (primary N) is 1. The van der Waals surface area contributed by atoms with Gasteiger partial charge in [0.2, 0.25) is 5.91 Å². The standard InChI is InChI=1S/C13H24N4O4/c1-16-7-5-9(6-8-16)17(2)13(21)15-10(12(19)20)3-4-11(14)18/h9-10H,3-8H2,1-2H3,(H2,14,18)(H,15,21)(H,19,20)/t10-/m0/s1. The van der Waals surface area contributed by atoms with Gasteiger partial charge in [0.05, 0.1) is 0 Å². The van der Waals surface area contributed by atoms with E-state index in [-0.39, 0.29) is 18.9 Å². The summed E-state index contributed by atoms with van der Waals surface area (Å²) in [6.07, 6.45) is 1.64. The van der Waals surface area contributed by atoms with Crippen LogP contribution in [0.1, 0.15) is 25.7 Å². The molecule has 0 unspecified atom stereocenters. The fourth-order valence-electron chi connectivity index (χ4n) is 2.34. The van der Waals surface area contributed by atoms with Crippen molar-refractivity contribution in [1.29, 1.82) is 0 Å². The molecule has 1 aliphatic rings. The van der Waals surface area contributed by atoms with E-state index in [2.05, 4.69) is 10.2 Å². The SMILES string of the molecule is CN1CCC(N(C)C(=O)N[C@@H](CCC(N)=O)C(=O)O)CC1. The van der Waals surface area contributed by atoms with Crippen LogP contribution >= 0.6 is 0 Å². The number of hydrogen-bond donors (Lipinski definition) is 3. The van der Waals surface area contributed by atoms with E-state index in [0.717, 1.165) is 25.9 Å². The second kappa shape index (κ2) is 7.82. The second-order valence-electron chi connectivity index (χ2n) is 5.49. The van der Waals surface area contributed by atoms with Crippen molar-refractivity contribution < 1.29 is 19.5 Å². The Morgan fingerprint density at radius 1 is 1.38 bits per heavy atom. The number of primary amides is 1. The average Bonchev–Trinajstić information content (AvgIpc) is 2.42. The number of carbonyl (C=O) groups is 3. The summed E-state index contributed by atoms with van der Waals surface area (Å²) in [5, 5.41) is 11.5. The lowest BCUT2D eigenvalue weighted by Gasteiger charge is -2.35. The number of nitrogens with zero attached hydrogens (tertiary/aromatic N) is 2. The Hall–Kier alpha value is -1.83. The van der Waals surface area contributed by atoms with Crippen LogP contribution in [0.4, 0.5) is 4.79 Å². The molecule has 0 bridgehead atoms. The highest BCUT2D eigenvalue weighted by atomic mass is 16.4. The van der Waals surface area contributed by atoms with E-state index >= 15 is 0 Å². The first-order chi connectivity index (χ1) is 9.81. The van der Waals surface area contributed by atoms with Crippen molar-refractivity contribution in [1.82, 2.24) is 15.1 Å². The number of likely N-dealkylation sites (tertiary alicyclic amines) is 1. The molecule has 0 aromatic rings. The van der Waals surface area contributed by atoms with Gasteiger partial charge >= 0.3 is 12.0 Å². The second-order valence-corrected chi connectivity index (χ2v) is 5.49. The highest BCUT2D eigenvalue weighted by Crippen LogP contribution is 2.14. The Bertz CT molecular complexity index is 394. The van der Waals surface area contributed by atoms with Crippen molar-refractivity contribution in [2.24, 2.45) is 5.73 Å². The molecule has 8 heteroatoms. The minimum atomic E-state index is -1.17. The molecule has 0 aromatic heterocycles. The first kappa shape index (κ1) is 17.2. The van der Waals surface area contributed by atoms with Crippen molar-refractivity contribution in [2.75, 3.05) is 27.2 Å². The molecule has 120 valence electrons. The van der Waals surface area contributed by atoms with Crippen LogP contribution in [0.2, 0.25) is 0 Å². The van der Waals surface area contributed by atoms with Crippen molar-refractivity contribution >= 4 is 17.9 Å². The van der Waals surface area contributed by atoms with Gasteiger partial charge in [-0.1, -0.05) is 0 Å². The number of amides is 3. The molecule has 1 saturated heterocycles. The molecular weight excluding hydrogens is 276 g/mol. The monoisotopic (exact) mass is 300 g/mol. The van der Waals surface area contributed by atoms with Gasteiger partial charge in [-0.05, 0) is 39.4 Å². The molecule has 0 saturated carbocycles. The number of rotatable bonds is 6. The Balaban J connectivity index is 2.51. The van der Waals surface area contributed by atoms with Gasteiger partial charge in [0.15, 0.2) is 0 Å². The largest absolute Gasteiger partial charge is 0.480 e. The fourth-order valence-corrected chi connectivity index (χ4v) is 2.34. The average molecular weight is 300 g/mol. The molecule has 0 aliphatic carbocycles.